The molecule has 0 unspecified atom stereocenters. The Hall–Kier alpha value is -1.25. The number of aromatic nitrogens is 2. The fraction of sp³-hybridized carbons (Fsp3) is 0.643. The molecule has 0 amide bonds. The minimum Gasteiger partial charge on any atom is -0.300 e. The zero-order chi connectivity index (χ0) is 12.3. The zero-order valence-corrected chi connectivity index (χ0v) is 10.7. The highest BCUT2D eigenvalue weighted by Crippen LogP contribution is 2.29. The van der Waals surface area contributed by atoms with Gasteiger partial charge in [0, 0.05) is 30.1 Å². The van der Waals surface area contributed by atoms with E-state index in [1.54, 1.807) is 0 Å². The summed E-state index contributed by atoms with van der Waals surface area (Å²) in [6, 6.07) is 2.07. The third kappa shape index (κ3) is 3.11. The van der Waals surface area contributed by atoms with Gasteiger partial charge in [0.1, 0.15) is 11.6 Å². The molecule has 1 heterocycles. The van der Waals surface area contributed by atoms with Crippen molar-refractivity contribution in [3.05, 3.63) is 23.3 Å². The van der Waals surface area contributed by atoms with Crippen LogP contribution < -0.4 is 0 Å². The Labute approximate surface area is 103 Å². The van der Waals surface area contributed by atoms with E-state index >= 15 is 0 Å². The van der Waals surface area contributed by atoms with Crippen molar-refractivity contribution in [1.29, 1.82) is 0 Å². The van der Waals surface area contributed by atoms with Crippen LogP contribution in [-0.4, -0.2) is 15.8 Å². The second-order valence-electron chi connectivity index (χ2n) is 4.92. The van der Waals surface area contributed by atoms with Gasteiger partial charge in [-0.05, 0) is 32.3 Å². The fourth-order valence-corrected chi connectivity index (χ4v) is 2.42. The van der Waals surface area contributed by atoms with E-state index in [4.69, 9.17) is 0 Å². The number of nitrogens with zero attached hydrogens (tertiary/aromatic N) is 2. The average molecular weight is 232 g/mol. The minimum atomic E-state index is 0.391. The molecule has 1 aliphatic rings. The van der Waals surface area contributed by atoms with Crippen molar-refractivity contribution < 1.29 is 4.79 Å². The minimum absolute atomic E-state index is 0.391. The highest BCUT2D eigenvalue weighted by Gasteiger charge is 2.22. The molecule has 0 atom stereocenters. The first-order valence-corrected chi connectivity index (χ1v) is 6.55. The molecule has 17 heavy (non-hydrogen) atoms. The third-order valence-electron chi connectivity index (χ3n) is 3.34. The summed E-state index contributed by atoms with van der Waals surface area (Å²) in [6.45, 7) is 4.19. The van der Waals surface area contributed by atoms with E-state index in [9.17, 15) is 4.79 Å². The number of carbonyl (C=O) groups is 1. The Morgan fingerprint density at radius 1 is 1.29 bits per heavy atom. The van der Waals surface area contributed by atoms with Crippen molar-refractivity contribution >= 4 is 5.78 Å². The number of Topliss-reactive ketones (excluding diaryl/α,β-unsaturated/α-hetero) is 1. The quantitative estimate of drug-likeness (QED) is 0.804. The molecule has 3 heteroatoms. The van der Waals surface area contributed by atoms with Crippen LogP contribution in [0.3, 0.4) is 0 Å². The highest BCUT2D eigenvalue weighted by molar-refractivity contribution is 5.79. The Balaban J connectivity index is 2.16. The van der Waals surface area contributed by atoms with Crippen LogP contribution in [0.25, 0.3) is 0 Å². The van der Waals surface area contributed by atoms with Gasteiger partial charge >= 0.3 is 0 Å². The predicted octanol–water partition coefficient (Wildman–Crippen LogP) is 2.96. The van der Waals surface area contributed by atoms with Crippen LogP contribution in [0.4, 0.5) is 0 Å². The summed E-state index contributed by atoms with van der Waals surface area (Å²) in [4.78, 5) is 20.4. The van der Waals surface area contributed by atoms with E-state index in [0.717, 1.165) is 42.9 Å². The van der Waals surface area contributed by atoms with E-state index in [1.165, 1.54) is 0 Å². The molecule has 0 bridgehead atoms. The first-order valence-electron chi connectivity index (χ1n) is 6.55. The molecule has 92 valence electrons. The molecule has 1 aliphatic carbocycles. The maximum atomic E-state index is 11.2. The Kier molecular flexibility index (Phi) is 3.87. The number of aryl methyl sites for hydroxylation is 2. The molecule has 0 radical (unpaired) electrons. The molecule has 2 rings (SSSR count). The van der Waals surface area contributed by atoms with Gasteiger partial charge < -0.3 is 0 Å². The summed E-state index contributed by atoms with van der Waals surface area (Å²) in [5, 5.41) is 0. The lowest BCUT2D eigenvalue weighted by Crippen LogP contribution is -2.15. The van der Waals surface area contributed by atoms with Crippen molar-refractivity contribution in [2.75, 3.05) is 0 Å². The summed E-state index contributed by atoms with van der Waals surface area (Å²) in [5.74, 6) is 1.74. The van der Waals surface area contributed by atoms with Crippen LogP contribution in [0.1, 0.15) is 62.2 Å². The monoisotopic (exact) mass is 232 g/mol. The molecular formula is C14H20N2O. The lowest BCUT2D eigenvalue weighted by atomic mass is 9.88. The summed E-state index contributed by atoms with van der Waals surface area (Å²) in [5.41, 5.74) is 2.20. The molecule has 0 saturated heterocycles. The van der Waals surface area contributed by atoms with Gasteiger partial charge in [-0.2, -0.15) is 0 Å². The maximum absolute atomic E-state index is 11.2. The second kappa shape index (κ2) is 5.39. The third-order valence-corrected chi connectivity index (χ3v) is 3.34. The fourth-order valence-electron chi connectivity index (χ4n) is 2.42. The molecular weight excluding hydrogens is 212 g/mol. The second-order valence-corrected chi connectivity index (χ2v) is 4.92. The van der Waals surface area contributed by atoms with E-state index in [-0.39, 0.29) is 0 Å². The summed E-state index contributed by atoms with van der Waals surface area (Å²) >= 11 is 0. The van der Waals surface area contributed by atoms with Gasteiger partial charge in [-0.15, -0.1) is 0 Å². The number of carbonyl (C=O) groups excluding carboxylic acids is 1. The maximum Gasteiger partial charge on any atom is 0.132 e. The van der Waals surface area contributed by atoms with Crippen molar-refractivity contribution in [3.8, 4) is 0 Å². The zero-order valence-electron chi connectivity index (χ0n) is 10.7. The van der Waals surface area contributed by atoms with Gasteiger partial charge in [-0.25, -0.2) is 9.97 Å². The van der Waals surface area contributed by atoms with Crippen LogP contribution in [0.2, 0.25) is 0 Å². The van der Waals surface area contributed by atoms with Crippen LogP contribution in [0.15, 0.2) is 6.07 Å². The normalized spacial score (nSPS) is 17.4. The number of ketones is 1. The topological polar surface area (TPSA) is 42.9 Å². The van der Waals surface area contributed by atoms with Gasteiger partial charge in [0.2, 0.25) is 0 Å². The van der Waals surface area contributed by atoms with Crippen molar-refractivity contribution in [1.82, 2.24) is 9.97 Å². The van der Waals surface area contributed by atoms with Gasteiger partial charge in [0.05, 0.1) is 0 Å². The van der Waals surface area contributed by atoms with Crippen LogP contribution in [-0.2, 0) is 11.2 Å². The van der Waals surface area contributed by atoms with E-state index in [0.29, 0.717) is 24.5 Å². The van der Waals surface area contributed by atoms with Crippen molar-refractivity contribution in [3.63, 3.8) is 0 Å². The Morgan fingerprint density at radius 3 is 2.65 bits per heavy atom. The molecule has 0 aliphatic heterocycles. The number of rotatable bonds is 3. The van der Waals surface area contributed by atoms with Gasteiger partial charge in [-0.3, -0.25) is 4.79 Å². The largest absolute Gasteiger partial charge is 0.300 e. The molecule has 1 aromatic rings. The standard InChI is InChI=1S/C14H20N2O/c1-3-4-12-9-10(2)15-14(16-12)11-5-7-13(17)8-6-11/h9,11H,3-8H2,1-2H3. The number of hydrogen-bond donors (Lipinski definition) is 0. The van der Waals surface area contributed by atoms with Crippen molar-refractivity contribution in [2.45, 2.75) is 58.3 Å². The SMILES string of the molecule is CCCc1cc(C)nc(C2CCC(=O)CC2)n1. The first kappa shape index (κ1) is 12.2. The summed E-state index contributed by atoms with van der Waals surface area (Å²) in [7, 11) is 0. The van der Waals surface area contributed by atoms with Gasteiger partial charge in [0.15, 0.2) is 0 Å². The van der Waals surface area contributed by atoms with Crippen LogP contribution >= 0.6 is 0 Å². The molecule has 0 spiro atoms. The number of hydrogen-bond acceptors (Lipinski definition) is 3. The van der Waals surface area contributed by atoms with Crippen LogP contribution in [0.5, 0.6) is 0 Å². The first-order chi connectivity index (χ1) is 8.19. The average Bonchev–Trinajstić information content (AvgIpc) is 2.29. The molecule has 1 saturated carbocycles. The Bertz CT molecular complexity index is 405. The molecule has 0 N–H and O–H groups in total. The van der Waals surface area contributed by atoms with Gasteiger partial charge in [-0.1, -0.05) is 13.3 Å². The smallest absolute Gasteiger partial charge is 0.132 e. The molecule has 1 fully saturated rings. The lowest BCUT2D eigenvalue weighted by molar-refractivity contribution is -0.120. The van der Waals surface area contributed by atoms with E-state index in [2.05, 4.69) is 23.0 Å². The summed E-state index contributed by atoms with van der Waals surface area (Å²) < 4.78 is 0. The van der Waals surface area contributed by atoms with Crippen LogP contribution in [0, 0.1) is 6.92 Å². The molecule has 3 nitrogen and oxygen atoms in total. The van der Waals surface area contributed by atoms with Gasteiger partial charge in [0.25, 0.3) is 0 Å². The van der Waals surface area contributed by atoms with E-state index < -0.39 is 0 Å². The lowest BCUT2D eigenvalue weighted by Gasteiger charge is -2.20. The Morgan fingerprint density at radius 2 is 2.00 bits per heavy atom. The molecule has 1 aromatic heterocycles. The van der Waals surface area contributed by atoms with E-state index in [1.807, 2.05) is 6.92 Å². The summed E-state index contributed by atoms with van der Waals surface area (Å²) in [6.07, 6.45) is 5.37. The highest BCUT2D eigenvalue weighted by atomic mass is 16.1. The molecule has 0 aromatic carbocycles. The predicted molar refractivity (Wildman–Crippen MR) is 67.0 cm³/mol. The van der Waals surface area contributed by atoms with Crippen molar-refractivity contribution in [2.24, 2.45) is 0 Å².